The molecule has 120 valence electrons. The lowest BCUT2D eigenvalue weighted by atomic mass is 10.2. The quantitative estimate of drug-likeness (QED) is 0.919. The number of anilines is 2. The molecule has 0 aliphatic carbocycles. The summed E-state index contributed by atoms with van der Waals surface area (Å²) < 4.78 is 5.37. The van der Waals surface area contributed by atoms with Gasteiger partial charge in [0.25, 0.3) is 5.91 Å². The van der Waals surface area contributed by atoms with Gasteiger partial charge in [-0.05, 0) is 24.3 Å². The summed E-state index contributed by atoms with van der Waals surface area (Å²) >= 11 is 12.3. The molecule has 0 bridgehead atoms. The van der Waals surface area contributed by atoms with E-state index in [-0.39, 0.29) is 11.6 Å². The summed E-state index contributed by atoms with van der Waals surface area (Å²) in [4.78, 5) is 18.5. The van der Waals surface area contributed by atoms with Gasteiger partial charge >= 0.3 is 0 Å². The van der Waals surface area contributed by atoms with Crippen molar-refractivity contribution in [3.8, 4) is 0 Å². The van der Waals surface area contributed by atoms with Gasteiger partial charge in [-0.2, -0.15) is 0 Å². The fourth-order valence-electron chi connectivity index (χ4n) is 2.44. The third-order valence-electron chi connectivity index (χ3n) is 3.52. The number of carbonyl (C=O) groups is 1. The van der Waals surface area contributed by atoms with Crippen molar-refractivity contribution in [2.75, 3.05) is 36.5 Å². The molecule has 1 N–H and O–H groups in total. The third kappa shape index (κ3) is 3.75. The Hall–Kier alpha value is -1.82. The molecule has 1 aliphatic rings. The first kappa shape index (κ1) is 16.1. The van der Waals surface area contributed by atoms with Gasteiger partial charge < -0.3 is 15.0 Å². The highest BCUT2D eigenvalue weighted by atomic mass is 35.5. The van der Waals surface area contributed by atoms with E-state index in [1.54, 1.807) is 18.2 Å². The zero-order chi connectivity index (χ0) is 16.2. The predicted octanol–water partition coefficient (Wildman–Crippen LogP) is 3.48. The predicted molar refractivity (Wildman–Crippen MR) is 91.7 cm³/mol. The summed E-state index contributed by atoms with van der Waals surface area (Å²) in [5.41, 5.74) is 1.70. The molecular weight excluding hydrogens is 337 g/mol. The number of ether oxygens (including phenoxy) is 1. The Labute approximate surface area is 144 Å². The Morgan fingerprint density at radius 1 is 1.22 bits per heavy atom. The molecule has 0 radical (unpaired) electrons. The smallest absolute Gasteiger partial charge is 0.274 e. The largest absolute Gasteiger partial charge is 0.378 e. The van der Waals surface area contributed by atoms with E-state index in [9.17, 15) is 4.79 Å². The first-order valence-electron chi connectivity index (χ1n) is 7.19. The number of carbonyl (C=O) groups excluding carboxylic acids is 1. The number of amides is 1. The molecule has 1 aromatic carbocycles. The van der Waals surface area contributed by atoms with Crippen molar-refractivity contribution in [2.45, 2.75) is 0 Å². The van der Waals surface area contributed by atoms with E-state index >= 15 is 0 Å². The summed E-state index contributed by atoms with van der Waals surface area (Å²) in [5, 5.41) is 3.91. The molecule has 1 aromatic heterocycles. The van der Waals surface area contributed by atoms with Gasteiger partial charge in [-0.15, -0.1) is 0 Å². The Kier molecular flexibility index (Phi) is 5.00. The lowest BCUT2D eigenvalue weighted by molar-refractivity contribution is 0.102. The van der Waals surface area contributed by atoms with Crippen LogP contribution in [0.3, 0.4) is 0 Å². The maximum absolute atomic E-state index is 12.4. The first-order chi connectivity index (χ1) is 11.1. The van der Waals surface area contributed by atoms with Crippen LogP contribution in [0, 0.1) is 0 Å². The number of nitrogens with zero attached hydrogens (tertiary/aromatic N) is 2. The minimum Gasteiger partial charge on any atom is -0.378 e. The molecule has 3 rings (SSSR count). The minimum absolute atomic E-state index is 0.255. The highest BCUT2D eigenvalue weighted by Gasteiger charge is 2.19. The van der Waals surface area contributed by atoms with E-state index < -0.39 is 0 Å². The van der Waals surface area contributed by atoms with Crippen LogP contribution in [0.4, 0.5) is 11.4 Å². The van der Waals surface area contributed by atoms with Crippen LogP contribution in [-0.2, 0) is 4.74 Å². The molecule has 0 saturated carbocycles. The molecule has 1 aliphatic heterocycles. The third-order valence-corrected chi connectivity index (χ3v) is 4.06. The van der Waals surface area contributed by atoms with Crippen molar-refractivity contribution in [2.24, 2.45) is 0 Å². The van der Waals surface area contributed by atoms with Crippen molar-refractivity contribution in [1.29, 1.82) is 0 Å². The number of benzene rings is 1. The first-order valence-corrected chi connectivity index (χ1v) is 7.95. The number of para-hydroxylation sites is 1. The topological polar surface area (TPSA) is 54.5 Å². The SMILES string of the molecule is O=C(Nc1cccc(Cl)c1N1CCOCC1)c1cc(Cl)ccn1. The molecule has 0 spiro atoms. The molecule has 7 heteroatoms. The molecule has 2 aromatic rings. The van der Waals surface area contributed by atoms with Crippen molar-refractivity contribution < 1.29 is 9.53 Å². The Bertz CT molecular complexity index is 718. The molecule has 0 unspecified atom stereocenters. The number of aromatic nitrogens is 1. The summed E-state index contributed by atoms with van der Waals surface area (Å²) in [7, 11) is 0. The lowest BCUT2D eigenvalue weighted by Gasteiger charge is -2.31. The average molecular weight is 352 g/mol. The zero-order valence-electron chi connectivity index (χ0n) is 12.3. The number of morpholine rings is 1. The van der Waals surface area contributed by atoms with Crippen LogP contribution in [0.1, 0.15) is 10.5 Å². The Balaban J connectivity index is 1.87. The molecule has 5 nitrogen and oxygen atoms in total. The van der Waals surface area contributed by atoms with Crippen molar-refractivity contribution >= 4 is 40.5 Å². The highest BCUT2D eigenvalue weighted by Crippen LogP contribution is 2.34. The van der Waals surface area contributed by atoms with Crippen molar-refractivity contribution in [3.63, 3.8) is 0 Å². The molecule has 2 heterocycles. The van der Waals surface area contributed by atoms with Gasteiger partial charge in [0.2, 0.25) is 0 Å². The second kappa shape index (κ2) is 7.17. The second-order valence-corrected chi connectivity index (χ2v) is 5.89. The van der Waals surface area contributed by atoms with E-state index in [1.165, 1.54) is 12.3 Å². The van der Waals surface area contributed by atoms with Gasteiger partial charge in [0.15, 0.2) is 0 Å². The maximum Gasteiger partial charge on any atom is 0.274 e. The lowest BCUT2D eigenvalue weighted by Crippen LogP contribution is -2.37. The van der Waals surface area contributed by atoms with Crippen molar-refractivity contribution in [1.82, 2.24) is 4.98 Å². The molecule has 1 fully saturated rings. The van der Waals surface area contributed by atoms with E-state index in [4.69, 9.17) is 27.9 Å². The number of halogens is 2. The van der Waals surface area contributed by atoms with Gasteiger partial charge in [-0.3, -0.25) is 9.78 Å². The summed E-state index contributed by atoms with van der Waals surface area (Å²) in [6, 6.07) is 8.57. The number of hydrogen-bond acceptors (Lipinski definition) is 4. The van der Waals surface area contributed by atoms with Crippen LogP contribution in [0.5, 0.6) is 0 Å². The van der Waals surface area contributed by atoms with Gasteiger partial charge in [0.05, 0.1) is 29.6 Å². The van der Waals surface area contributed by atoms with E-state index in [0.29, 0.717) is 28.9 Å². The Morgan fingerprint density at radius 2 is 2.00 bits per heavy atom. The number of pyridine rings is 1. The van der Waals surface area contributed by atoms with Crippen LogP contribution in [0.25, 0.3) is 0 Å². The average Bonchev–Trinajstić information content (AvgIpc) is 2.56. The van der Waals surface area contributed by atoms with Gasteiger partial charge in [0.1, 0.15) is 5.69 Å². The van der Waals surface area contributed by atoms with Crippen LogP contribution in [0.2, 0.25) is 10.0 Å². The van der Waals surface area contributed by atoms with Gasteiger partial charge in [0, 0.05) is 24.3 Å². The Morgan fingerprint density at radius 3 is 2.74 bits per heavy atom. The highest BCUT2D eigenvalue weighted by molar-refractivity contribution is 6.34. The number of nitrogens with one attached hydrogen (secondary N) is 1. The van der Waals surface area contributed by atoms with Crippen LogP contribution in [-0.4, -0.2) is 37.2 Å². The monoisotopic (exact) mass is 351 g/mol. The zero-order valence-corrected chi connectivity index (χ0v) is 13.8. The summed E-state index contributed by atoms with van der Waals surface area (Å²) in [6.45, 7) is 2.72. The van der Waals surface area contributed by atoms with E-state index in [1.807, 2.05) is 6.07 Å². The molecule has 0 atom stereocenters. The van der Waals surface area contributed by atoms with E-state index in [0.717, 1.165) is 18.8 Å². The molecular formula is C16H15Cl2N3O2. The van der Waals surface area contributed by atoms with Crippen molar-refractivity contribution in [3.05, 3.63) is 52.3 Å². The minimum atomic E-state index is -0.329. The summed E-state index contributed by atoms with van der Waals surface area (Å²) in [5.74, 6) is -0.329. The maximum atomic E-state index is 12.4. The number of rotatable bonds is 3. The molecule has 23 heavy (non-hydrogen) atoms. The van der Waals surface area contributed by atoms with Crippen LogP contribution < -0.4 is 10.2 Å². The summed E-state index contributed by atoms with van der Waals surface area (Å²) in [6.07, 6.45) is 1.50. The van der Waals surface area contributed by atoms with Crippen LogP contribution in [0.15, 0.2) is 36.5 Å². The second-order valence-electron chi connectivity index (χ2n) is 5.05. The van der Waals surface area contributed by atoms with Gasteiger partial charge in [-0.1, -0.05) is 29.3 Å². The van der Waals surface area contributed by atoms with E-state index in [2.05, 4.69) is 15.2 Å². The molecule has 1 saturated heterocycles. The van der Waals surface area contributed by atoms with Crippen LogP contribution >= 0.6 is 23.2 Å². The fourth-order valence-corrected chi connectivity index (χ4v) is 2.89. The molecule has 1 amide bonds. The standard InChI is InChI=1S/C16H15Cl2N3O2/c17-11-4-5-19-14(10-11)16(22)20-13-3-1-2-12(18)15(13)21-6-8-23-9-7-21/h1-5,10H,6-9H2,(H,20,22). The fraction of sp³-hybridized carbons (Fsp3) is 0.250. The number of hydrogen-bond donors (Lipinski definition) is 1. The normalized spacial score (nSPS) is 14.6. The van der Waals surface area contributed by atoms with Gasteiger partial charge in [-0.25, -0.2) is 0 Å².